The van der Waals surface area contributed by atoms with Crippen LogP contribution in [0.3, 0.4) is 0 Å². The molecule has 2 heterocycles. The van der Waals surface area contributed by atoms with Gasteiger partial charge in [-0.3, -0.25) is 0 Å². The zero-order valence-electron chi connectivity index (χ0n) is 8.42. The number of aliphatic hydroxyl groups excluding tert-OH is 2. The first-order valence-corrected chi connectivity index (χ1v) is 5.05. The second-order valence-electron chi connectivity index (χ2n) is 3.84. The molecule has 0 bridgehead atoms. The van der Waals surface area contributed by atoms with E-state index in [1.165, 1.54) is 0 Å². The van der Waals surface area contributed by atoms with Gasteiger partial charge in [0.05, 0.1) is 39.6 Å². The zero-order chi connectivity index (χ0) is 10.7. The summed E-state index contributed by atoms with van der Waals surface area (Å²) in [5.74, 6) is -0.0585. The fourth-order valence-electron chi connectivity index (χ4n) is 1.44. The lowest BCUT2D eigenvalue weighted by molar-refractivity contribution is -0.535. The maximum absolute atomic E-state index is 8.88. The van der Waals surface area contributed by atoms with Crippen molar-refractivity contribution in [2.24, 2.45) is 11.8 Å². The van der Waals surface area contributed by atoms with Crippen molar-refractivity contribution in [3.63, 3.8) is 0 Å². The van der Waals surface area contributed by atoms with E-state index in [-0.39, 0.29) is 25.0 Å². The molecule has 0 atom stereocenters. The monoisotopic (exact) mass is 220 g/mol. The largest absolute Gasteiger partial charge is 0.412 e. The molecule has 1 spiro atoms. The summed E-state index contributed by atoms with van der Waals surface area (Å²) in [6, 6.07) is 0. The molecule has 6 heteroatoms. The molecule has 0 aliphatic carbocycles. The predicted octanol–water partition coefficient (Wildman–Crippen LogP) is -1.09. The normalized spacial score (nSPS) is 42.0. The Hall–Kier alpha value is -0.240. The van der Waals surface area contributed by atoms with Gasteiger partial charge in [0.15, 0.2) is 0 Å². The summed E-state index contributed by atoms with van der Waals surface area (Å²) < 4.78 is 21.2. The van der Waals surface area contributed by atoms with Gasteiger partial charge < -0.3 is 29.2 Å². The second-order valence-corrected chi connectivity index (χ2v) is 3.84. The molecule has 2 aliphatic heterocycles. The van der Waals surface area contributed by atoms with E-state index in [1.807, 2.05) is 0 Å². The van der Waals surface area contributed by atoms with Crippen molar-refractivity contribution >= 4 is 0 Å². The second kappa shape index (κ2) is 4.73. The average molecular weight is 220 g/mol. The van der Waals surface area contributed by atoms with E-state index >= 15 is 0 Å². The zero-order valence-corrected chi connectivity index (χ0v) is 8.42. The minimum atomic E-state index is -1.41. The number of aliphatic hydroxyl groups is 2. The van der Waals surface area contributed by atoms with Gasteiger partial charge in [0, 0.05) is 11.8 Å². The molecule has 88 valence electrons. The molecular weight excluding hydrogens is 204 g/mol. The molecule has 0 unspecified atom stereocenters. The predicted molar refractivity (Wildman–Crippen MR) is 47.7 cm³/mol. The third-order valence-corrected chi connectivity index (χ3v) is 2.50. The minimum absolute atomic E-state index is 0.0232. The molecule has 0 saturated carbocycles. The highest BCUT2D eigenvalue weighted by atomic mass is 17.0. The van der Waals surface area contributed by atoms with E-state index in [1.54, 1.807) is 0 Å². The molecule has 0 radical (unpaired) electrons. The van der Waals surface area contributed by atoms with Crippen LogP contribution in [-0.4, -0.2) is 56.0 Å². The van der Waals surface area contributed by atoms with Crippen molar-refractivity contribution in [3.8, 4) is 0 Å². The SMILES string of the molecule is OCC1COC2(OC1)OCC(CO)CO2. The molecule has 0 aromatic heterocycles. The molecule has 2 fully saturated rings. The molecule has 0 amide bonds. The third-order valence-electron chi connectivity index (χ3n) is 2.50. The van der Waals surface area contributed by atoms with Crippen molar-refractivity contribution in [1.82, 2.24) is 0 Å². The van der Waals surface area contributed by atoms with Gasteiger partial charge in [-0.05, 0) is 0 Å². The molecule has 15 heavy (non-hydrogen) atoms. The van der Waals surface area contributed by atoms with Crippen molar-refractivity contribution in [1.29, 1.82) is 0 Å². The van der Waals surface area contributed by atoms with Gasteiger partial charge in [-0.2, -0.15) is 0 Å². The molecule has 2 N–H and O–H groups in total. The lowest BCUT2D eigenvalue weighted by atomic mass is 10.2. The van der Waals surface area contributed by atoms with E-state index in [0.717, 1.165) is 0 Å². The van der Waals surface area contributed by atoms with Crippen LogP contribution >= 0.6 is 0 Å². The number of hydrogen-bond acceptors (Lipinski definition) is 6. The summed E-state index contributed by atoms with van der Waals surface area (Å²) in [6.07, 6.45) is -1.41. The fourth-order valence-corrected chi connectivity index (χ4v) is 1.44. The maximum atomic E-state index is 8.88. The van der Waals surface area contributed by atoms with E-state index in [4.69, 9.17) is 29.2 Å². The Morgan fingerprint density at radius 2 is 1.13 bits per heavy atom. The van der Waals surface area contributed by atoms with E-state index in [9.17, 15) is 0 Å². The van der Waals surface area contributed by atoms with E-state index in [2.05, 4.69) is 0 Å². The van der Waals surface area contributed by atoms with Gasteiger partial charge in [-0.1, -0.05) is 0 Å². The average Bonchev–Trinajstić information content (AvgIpc) is 2.31. The molecule has 2 saturated heterocycles. The smallest absolute Gasteiger partial charge is 0.396 e. The van der Waals surface area contributed by atoms with Crippen LogP contribution in [0.4, 0.5) is 0 Å². The van der Waals surface area contributed by atoms with Crippen LogP contribution < -0.4 is 0 Å². The van der Waals surface area contributed by atoms with Crippen LogP contribution in [0.5, 0.6) is 0 Å². The molecule has 2 aliphatic rings. The van der Waals surface area contributed by atoms with Crippen LogP contribution in [0.25, 0.3) is 0 Å². The third kappa shape index (κ3) is 2.47. The summed E-state index contributed by atoms with van der Waals surface area (Å²) in [4.78, 5) is 0. The Morgan fingerprint density at radius 1 is 0.800 bits per heavy atom. The summed E-state index contributed by atoms with van der Waals surface area (Å²) >= 11 is 0. The standard InChI is InChI=1S/C9H16O6/c10-1-7-3-12-9(13-4-7)14-5-8(2-11)6-15-9/h7-8,10-11H,1-6H2. The molecular formula is C9H16O6. The van der Waals surface area contributed by atoms with Crippen molar-refractivity contribution in [3.05, 3.63) is 0 Å². The van der Waals surface area contributed by atoms with Gasteiger partial charge in [0.2, 0.25) is 0 Å². The highest BCUT2D eigenvalue weighted by Crippen LogP contribution is 2.28. The highest BCUT2D eigenvalue weighted by molar-refractivity contribution is 4.67. The Kier molecular flexibility index (Phi) is 3.55. The van der Waals surface area contributed by atoms with Gasteiger partial charge >= 0.3 is 6.16 Å². The minimum Gasteiger partial charge on any atom is -0.396 e. The van der Waals surface area contributed by atoms with Crippen LogP contribution in [0.15, 0.2) is 0 Å². The highest BCUT2D eigenvalue weighted by Gasteiger charge is 2.44. The van der Waals surface area contributed by atoms with E-state index < -0.39 is 6.16 Å². The number of rotatable bonds is 2. The maximum Gasteiger partial charge on any atom is 0.412 e. The molecule has 0 aromatic carbocycles. The van der Waals surface area contributed by atoms with Crippen molar-refractivity contribution < 1.29 is 29.2 Å². The summed E-state index contributed by atoms with van der Waals surface area (Å²) in [7, 11) is 0. The number of hydrogen-bond donors (Lipinski definition) is 2. The van der Waals surface area contributed by atoms with Gasteiger partial charge in [0.25, 0.3) is 0 Å². The van der Waals surface area contributed by atoms with E-state index in [0.29, 0.717) is 26.4 Å². The first kappa shape index (κ1) is 11.3. The molecule has 0 aromatic rings. The molecule has 2 rings (SSSR count). The first-order chi connectivity index (χ1) is 7.28. The van der Waals surface area contributed by atoms with Crippen LogP contribution in [0.2, 0.25) is 0 Å². The van der Waals surface area contributed by atoms with Crippen LogP contribution in [-0.2, 0) is 18.9 Å². The Bertz CT molecular complexity index is 167. The Balaban J connectivity index is 1.83. The van der Waals surface area contributed by atoms with Gasteiger partial charge in [0.1, 0.15) is 0 Å². The lowest BCUT2D eigenvalue weighted by Gasteiger charge is -2.41. The Labute approximate surface area is 87.7 Å². The fraction of sp³-hybridized carbons (Fsp3) is 1.00. The van der Waals surface area contributed by atoms with Crippen LogP contribution in [0.1, 0.15) is 0 Å². The van der Waals surface area contributed by atoms with Crippen LogP contribution in [0, 0.1) is 11.8 Å². The van der Waals surface area contributed by atoms with Gasteiger partial charge in [-0.15, -0.1) is 0 Å². The van der Waals surface area contributed by atoms with Crippen molar-refractivity contribution in [2.45, 2.75) is 6.16 Å². The Morgan fingerprint density at radius 3 is 1.40 bits per heavy atom. The summed E-state index contributed by atoms with van der Waals surface area (Å²) in [5, 5.41) is 17.8. The summed E-state index contributed by atoms with van der Waals surface area (Å²) in [6.45, 7) is 1.44. The number of ether oxygens (including phenoxy) is 4. The lowest BCUT2D eigenvalue weighted by Crippen LogP contribution is -2.53. The van der Waals surface area contributed by atoms with Gasteiger partial charge in [-0.25, -0.2) is 0 Å². The quantitative estimate of drug-likeness (QED) is 0.615. The first-order valence-electron chi connectivity index (χ1n) is 5.05. The topological polar surface area (TPSA) is 77.4 Å². The summed E-state index contributed by atoms with van der Waals surface area (Å²) in [5.41, 5.74) is 0. The van der Waals surface area contributed by atoms with Crippen molar-refractivity contribution in [2.75, 3.05) is 39.6 Å². The molecule has 6 nitrogen and oxygen atoms in total.